The van der Waals surface area contributed by atoms with E-state index in [1.165, 1.54) is 7.11 Å². The molecule has 3 rings (SSSR count). The molecule has 0 radical (unpaired) electrons. The van der Waals surface area contributed by atoms with E-state index < -0.39 is 10.3 Å². The van der Waals surface area contributed by atoms with Crippen LogP contribution in [0.1, 0.15) is 16.7 Å². The highest BCUT2D eigenvalue weighted by Crippen LogP contribution is 2.34. The molecule has 0 bridgehead atoms. The Morgan fingerprint density at radius 2 is 1.96 bits per heavy atom. The van der Waals surface area contributed by atoms with Crippen LogP contribution in [0.15, 0.2) is 36.4 Å². The Kier molecular flexibility index (Phi) is 5.19. The van der Waals surface area contributed by atoms with E-state index in [1.54, 1.807) is 12.1 Å². The third-order valence-electron chi connectivity index (χ3n) is 4.08. The normalized spacial score (nSPS) is 14.8. The van der Waals surface area contributed by atoms with Gasteiger partial charge in [0.15, 0.2) is 11.5 Å². The summed E-state index contributed by atoms with van der Waals surface area (Å²) >= 11 is 6.05. The molecule has 25 heavy (non-hydrogen) atoms. The lowest BCUT2D eigenvalue weighted by molar-refractivity contribution is 0.244. The number of hydrogen-bond donors (Lipinski definition) is 1. The second-order valence-corrected chi connectivity index (χ2v) is 7.53. The lowest BCUT2D eigenvalue weighted by atomic mass is 9.98. The minimum absolute atomic E-state index is 0.118. The first-order valence-electron chi connectivity index (χ1n) is 7.73. The van der Waals surface area contributed by atoms with Crippen molar-refractivity contribution in [2.75, 3.05) is 13.7 Å². The largest absolute Gasteiger partial charge is 0.493 e. The Bertz CT molecular complexity index is 886. The zero-order chi connectivity index (χ0) is 18.0. The van der Waals surface area contributed by atoms with Gasteiger partial charge in [-0.3, -0.25) is 4.90 Å². The lowest BCUT2D eigenvalue weighted by Gasteiger charge is -2.29. The molecular formula is C17H19ClN2O4S. The maximum Gasteiger partial charge on any atom is 0.380 e. The van der Waals surface area contributed by atoms with E-state index in [0.29, 0.717) is 5.75 Å². The Morgan fingerprint density at radius 3 is 2.64 bits per heavy atom. The summed E-state index contributed by atoms with van der Waals surface area (Å²) in [7, 11) is -2.63. The molecule has 8 heteroatoms. The molecule has 2 N–H and O–H groups in total. The van der Waals surface area contributed by atoms with Crippen molar-refractivity contribution in [2.45, 2.75) is 19.5 Å². The van der Waals surface area contributed by atoms with Gasteiger partial charge in [0, 0.05) is 24.7 Å². The van der Waals surface area contributed by atoms with Crippen LogP contribution >= 0.6 is 11.6 Å². The summed E-state index contributed by atoms with van der Waals surface area (Å²) < 4.78 is 32.5. The lowest BCUT2D eigenvalue weighted by Crippen LogP contribution is -2.30. The van der Waals surface area contributed by atoms with Gasteiger partial charge in [-0.25, -0.2) is 0 Å². The summed E-state index contributed by atoms with van der Waals surface area (Å²) in [5, 5.41) is 5.69. The summed E-state index contributed by atoms with van der Waals surface area (Å²) in [6.45, 7) is 2.37. The van der Waals surface area contributed by atoms with E-state index in [1.807, 2.05) is 24.3 Å². The van der Waals surface area contributed by atoms with E-state index in [2.05, 4.69) is 4.90 Å². The topological polar surface area (TPSA) is 81.9 Å². The van der Waals surface area contributed by atoms with Crippen LogP contribution in [-0.2, 0) is 29.8 Å². The van der Waals surface area contributed by atoms with Gasteiger partial charge in [0.1, 0.15) is 0 Å². The Labute approximate surface area is 152 Å². The summed E-state index contributed by atoms with van der Waals surface area (Å²) in [5.41, 5.74) is 3.26. The average Bonchev–Trinajstić information content (AvgIpc) is 2.53. The molecule has 0 atom stereocenters. The zero-order valence-corrected chi connectivity index (χ0v) is 15.3. The van der Waals surface area contributed by atoms with Crippen molar-refractivity contribution in [3.8, 4) is 11.5 Å². The van der Waals surface area contributed by atoms with Crippen molar-refractivity contribution in [1.29, 1.82) is 0 Å². The molecule has 0 aliphatic carbocycles. The third kappa shape index (κ3) is 4.64. The molecule has 0 spiro atoms. The van der Waals surface area contributed by atoms with E-state index in [4.69, 9.17) is 25.7 Å². The summed E-state index contributed by atoms with van der Waals surface area (Å²) in [4.78, 5) is 2.30. The number of rotatable bonds is 5. The summed E-state index contributed by atoms with van der Waals surface area (Å²) in [6, 6.07) is 11.3. The van der Waals surface area contributed by atoms with Crippen LogP contribution in [0.2, 0.25) is 5.02 Å². The van der Waals surface area contributed by atoms with Crippen LogP contribution in [0.4, 0.5) is 0 Å². The number of hydrogen-bond acceptors (Lipinski definition) is 5. The molecule has 1 aliphatic heterocycles. The van der Waals surface area contributed by atoms with Gasteiger partial charge < -0.3 is 8.92 Å². The number of fused-ring (bicyclic) bond motifs is 1. The van der Waals surface area contributed by atoms with Gasteiger partial charge in [-0.2, -0.15) is 13.6 Å². The van der Waals surface area contributed by atoms with Crippen molar-refractivity contribution in [2.24, 2.45) is 5.14 Å². The van der Waals surface area contributed by atoms with Crippen molar-refractivity contribution in [3.63, 3.8) is 0 Å². The summed E-state index contributed by atoms with van der Waals surface area (Å²) in [5.74, 6) is 0.462. The highest BCUT2D eigenvalue weighted by atomic mass is 35.5. The van der Waals surface area contributed by atoms with Gasteiger partial charge in [0.05, 0.1) is 7.11 Å². The highest BCUT2D eigenvalue weighted by molar-refractivity contribution is 7.84. The number of nitrogens with zero attached hydrogens (tertiary/aromatic N) is 1. The van der Waals surface area contributed by atoms with E-state index >= 15 is 0 Å². The van der Waals surface area contributed by atoms with Crippen molar-refractivity contribution in [3.05, 3.63) is 58.1 Å². The average molecular weight is 383 g/mol. The number of nitrogens with two attached hydrogens (primary N) is 1. The van der Waals surface area contributed by atoms with Crippen LogP contribution in [0.25, 0.3) is 0 Å². The van der Waals surface area contributed by atoms with Gasteiger partial charge in [0.25, 0.3) is 0 Å². The van der Waals surface area contributed by atoms with Gasteiger partial charge in [0.2, 0.25) is 0 Å². The first-order valence-corrected chi connectivity index (χ1v) is 9.58. The van der Waals surface area contributed by atoms with Gasteiger partial charge in [-0.1, -0.05) is 23.7 Å². The number of halogens is 1. The fourth-order valence-electron chi connectivity index (χ4n) is 3.00. The molecule has 2 aromatic carbocycles. The molecule has 6 nitrogen and oxygen atoms in total. The molecule has 0 aromatic heterocycles. The Hall–Kier alpha value is -1.80. The Morgan fingerprint density at radius 1 is 1.20 bits per heavy atom. The molecule has 0 fully saturated rings. The van der Waals surface area contributed by atoms with E-state index in [0.717, 1.165) is 47.8 Å². The van der Waals surface area contributed by atoms with Crippen LogP contribution in [-0.4, -0.2) is 27.0 Å². The number of methoxy groups -OCH3 is 1. The fraction of sp³-hybridized carbons (Fsp3) is 0.294. The molecule has 2 aromatic rings. The first kappa shape index (κ1) is 18.0. The molecule has 0 saturated carbocycles. The van der Waals surface area contributed by atoms with Gasteiger partial charge in [-0.15, -0.1) is 0 Å². The maximum atomic E-state index is 11.2. The fourth-order valence-corrected chi connectivity index (χ4v) is 3.59. The molecule has 0 saturated heterocycles. The van der Waals surface area contributed by atoms with Crippen LogP contribution in [0.3, 0.4) is 0 Å². The molecule has 1 heterocycles. The third-order valence-corrected chi connectivity index (χ3v) is 4.73. The molecule has 0 unspecified atom stereocenters. The second-order valence-electron chi connectivity index (χ2n) is 5.94. The number of benzene rings is 2. The summed E-state index contributed by atoms with van der Waals surface area (Å²) in [6.07, 6.45) is 0.779. The minimum atomic E-state index is -4.09. The van der Waals surface area contributed by atoms with E-state index in [-0.39, 0.29) is 5.75 Å². The Balaban J connectivity index is 1.81. The molecule has 134 valence electrons. The first-order chi connectivity index (χ1) is 11.8. The SMILES string of the molecule is COc1cc2c(cc1OS(N)(=O)=O)CCN(Cc1cccc(Cl)c1)C2. The molecular weight excluding hydrogens is 364 g/mol. The monoisotopic (exact) mass is 382 g/mol. The van der Waals surface area contributed by atoms with Crippen LogP contribution < -0.4 is 14.1 Å². The van der Waals surface area contributed by atoms with Gasteiger partial charge >= 0.3 is 10.3 Å². The van der Waals surface area contributed by atoms with Gasteiger partial charge in [-0.05, 0) is 47.4 Å². The smallest absolute Gasteiger partial charge is 0.380 e. The van der Waals surface area contributed by atoms with E-state index in [9.17, 15) is 8.42 Å². The maximum absolute atomic E-state index is 11.2. The second kappa shape index (κ2) is 7.21. The van der Waals surface area contributed by atoms with Crippen molar-refractivity contribution < 1.29 is 17.3 Å². The minimum Gasteiger partial charge on any atom is -0.493 e. The predicted molar refractivity (Wildman–Crippen MR) is 96.0 cm³/mol. The molecule has 0 amide bonds. The quantitative estimate of drug-likeness (QED) is 0.859. The van der Waals surface area contributed by atoms with Crippen molar-refractivity contribution in [1.82, 2.24) is 4.90 Å². The van der Waals surface area contributed by atoms with Crippen LogP contribution in [0, 0.1) is 0 Å². The standard InChI is InChI=1S/C17H19ClN2O4S/c1-23-16-9-14-11-20(10-12-3-2-4-15(18)7-12)6-5-13(14)8-17(16)24-25(19,21)22/h2-4,7-9H,5-6,10-11H2,1H3,(H2,19,21,22). The predicted octanol–water partition coefficient (Wildman–Crippen LogP) is 2.49. The van der Waals surface area contributed by atoms with Crippen molar-refractivity contribution >= 4 is 21.9 Å². The number of ether oxygens (including phenoxy) is 1. The highest BCUT2D eigenvalue weighted by Gasteiger charge is 2.21. The zero-order valence-electron chi connectivity index (χ0n) is 13.7. The van der Waals surface area contributed by atoms with Crippen LogP contribution in [0.5, 0.6) is 11.5 Å². The molecule has 1 aliphatic rings.